The number of para-hydroxylation sites is 1. The second-order valence-electron chi connectivity index (χ2n) is 6.03. The van der Waals surface area contributed by atoms with E-state index < -0.39 is 5.25 Å². The normalized spacial score (nSPS) is 15.5. The van der Waals surface area contributed by atoms with Gasteiger partial charge in [0.15, 0.2) is 0 Å². The zero-order valence-corrected chi connectivity index (χ0v) is 16.1. The average Bonchev–Trinajstić information content (AvgIpc) is 2.64. The van der Waals surface area contributed by atoms with Gasteiger partial charge in [0, 0.05) is 22.0 Å². The highest BCUT2D eigenvalue weighted by molar-refractivity contribution is 8.01. The fraction of sp³-hybridized carbons (Fsp3) is 0.211. The maximum atomic E-state index is 12.1. The molecule has 0 radical (unpaired) electrons. The summed E-state index contributed by atoms with van der Waals surface area (Å²) in [6.45, 7) is 1.62. The van der Waals surface area contributed by atoms with Crippen molar-refractivity contribution in [3.63, 3.8) is 0 Å². The van der Waals surface area contributed by atoms with Gasteiger partial charge >= 0.3 is 0 Å². The Balaban J connectivity index is 1.50. The van der Waals surface area contributed by atoms with Gasteiger partial charge in [0.25, 0.3) is 0 Å². The van der Waals surface area contributed by atoms with Gasteiger partial charge in [0.05, 0.1) is 17.5 Å². The van der Waals surface area contributed by atoms with Crippen LogP contribution in [0.25, 0.3) is 0 Å². The SMILES string of the molecule is Cc1c(Cl)cccc1NC(=O)CNC(=O)CC1Sc2ccccc2NC1=O. The number of fused-ring (bicyclic) bond motifs is 1. The fourth-order valence-corrected chi connectivity index (χ4v) is 3.87. The number of anilines is 2. The van der Waals surface area contributed by atoms with Crippen molar-refractivity contribution in [2.24, 2.45) is 0 Å². The van der Waals surface area contributed by atoms with Crippen LogP contribution in [0.2, 0.25) is 5.02 Å². The van der Waals surface area contributed by atoms with E-state index in [4.69, 9.17) is 11.6 Å². The van der Waals surface area contributed by atoms with Gasteiger partial charge in [-0.1, -0.05) is 29.8 Å². The van der Waals surface area contributed by atoms with Gasteiger partial charge in [-0.25, -0.2) is 0 Å². The predicted octanol–water partition coefficient (Wildman–Crippen LogP) is 3.21. The van der Waals surface area contributed by atoms with Crippen molar-refractivity contribution < 1.29 is 14.4 Å². The van der Waals surface area contributed by atoms with Gasteiger partial charge in [-0.3, -0.25) is 14.4 Å². The zero-order chi connectivity index (χ0) is 19.4. The Kier molecular flexibility index (Phi) is 6.03. The molecule has 0 saturated carbocycles. The highest BCUT2D eigenvalue weighted by Gasteiger charge is 2.28. The first kappa shape index (κ1) is 19.3. The monoisotopic (exact) mass is 403 g/mol. The summed E-state index contributed by atoms with van der Waals surface area (Å²) in [6.07, 6.45) is -0.00565. The minimum absolute atomic E-state index is 0.00565. The van der Waals surface area contributed by atoms with Crippen LogP contribution in [0.3, 0.4) is 0 Å². The second-order valence-corrected chi connectivity index (χ2v) is 7.69. The van der Waals surface area contributed by atoms with Gasteiger partial charge in [0.1, 0.15) is 0 Å². The van der Waals surface area contributed by atoms with Gasteiger partial charge in [-0.2, -0.15) is 0 Å². The van der Waals surface area contributed by atoms with Crippen LogP contribution in [0.1, 0.15) is 12.0 Å². The van der Waals surface area contributed by atoms with E-state index in [0.717, 1.165) is 16.1 Å². The summed E-state index contributed by atoms with van der Waals surface area (Å²) in [7, 11) is 0. The molecule has 8 heteroatoms. The lowest BCUT2D eigenvalue weighted by Crippen LogP contribution is -2.37. The molecule has 3 N–H and O–H groups in total. The molecule has 2 aromatic carbocycles. The Morgan fingerprint density at radius 2 is 1.93 bits per heavy atom. The zero-order valence-electron chi connectivity index (χ0n) is 14.5. The van der Waals surface area contributed by atoms with Crippen molar-refractivity contribution in [2.75, 3.05) is 17.2 Å². The van der Waals surface area contributed by atoms with Crippen LogP contribution in [0.15, 0.2) is 47.4 Å². The molecule has 0 fully saturated rings. The number of benzene rings is 2. The van der Waals surface area contributed by atoms with E-state index >= 15 is 0 Å². The van der Waals surface area contributed by atoms with Crippen molar-refractivity contribution in [1.29, 1.82) is 0 Å². The summed E-state index contributed by atoms with van der Waals surface area (Å²) in [5.41, 5.74) is 2.11. The fourth-order valence-electron chi connectivity index (χ4n) is 2.58. The van der Waals surface area contributed by atoms with E-state index in [0.29, 0.717) is 10.7 Å². The van der Waals surface area contributed by atoms with Crippen molar-refractivity contribution in [1.82, 2.24) is 5.32 Å². The molecule has 0 aliphatic carbocycles. The molecule has 2 aromatic rings. The molecule has 0 bridgehead atoms. The predicted molar refractivity (Wildman–Crippen MR) is 107 cm³/mol. The summed E-state index contributed by atoms with van der Waals surface area (Å²) in [4.78, 5) is 37.2. The Bertz CT molecular complexity index is 904. The number of hydrogen-bond acceptors (Lipinski definition) is 4. The van der Waals surface area contributed by atoms with Crippen molar-refractivity contribution >= 4 is 52.5 Å². The number of rotatable bonds is 5. The standard InChI is InChI=1S/C19H18ClN3O3S/c1-11-12(20)5-4-7-13(11)22-18(25)10-21-17(24)9-16-19(26)23-14-6-2-3-8-15(14)27-16/h2-8,16H,9-10H2,1H3,(H,21,24)(H,22,25)(H,23,26). The molecular formula is C19H18ClN3O3S. The van der Waals surface area contributed by atoms with E-state index in [1.807, 2.05) is 24.3 Å². The topological polar surface area (TPSA) is 87.3 Å². The number of hydrogen-bond donors (Lipinski definition) is 3. The quantitative estimate of drug-likeness (QED) is 0.715. The van der Waals surface area contributed by atoms with Crippen LogP contribution in [0.4, 0.5) is 11.4 Å². The third kappa shape index (κ3) is 4.81. The minimum atomic E-state index is -0.530. The van der Waals surface area contributed by atoms with Gasteiger partial charge in [-0.15, -0.1) is 11.8 Å². The first-order chi connectivity index (χ1) is 12.9. The third-order valence-corrected chi connectivity index (χ3v) is 5.75. The van der Waals surface area contributed by atoms with E-state index in [9.17, 15) is 14.4 Å². The van der Waals surface area contributed by atoms with Gasteiger partial charge in [-0.05, 0) is 36.8 Å². The summed E-state index contributed by atoms with van der Waals surface area (Å²) in [5.74, 6) is -0.937. The van der Waals surface area contributed by atoms with Gasteiger partial charge in [0.2, 0.25) is 17.7 Å². The summed E-state index contributed by atoms with van der Waals surface area (Å²) in [5, 5.41) is 8.08. The van der Waals surface area contributed by atoms with Gasteiger partial charge < -0.3 is 16.0 Å². The molecule has 27 heavy (non-hydrogen) atoms. The first-order valence-corrected chi connectivity index (χ1v) is 9.58. The molecule has 6 nitrogen and oxygen atoms in total. The number of halogens is 1. The van der Waals surface area contributed by atoms with Crippen LogP contribution in [0.5, 0.6) is 0 Å². The number of carbonyl (C=O) groups is 3. The molecule has 1 unspecified atom stereocenters. The van der Waals surface area contributed by atoms with E-state index in [1.165, 1.54) is 11.8 Å². The summed E-state index contributed by atoms with van der Waals surface area (Å²) < 4.78 is 0. The number of amides is 3. The second kappa shape index (κ2) is 8.45. The largest absolute Gasteiger partial charge is 0.347 e. The van der Waals surface area contributed by atoms with Crippen LogP contribution in [-0.4, -0.2) is 29.5 Å². The van der Waals surface area contributed by atoms with Crippen molar-refractivity contribution in [3.05, 3.63) is 53.1 Å². The lowest BCUT2D eigenvalue weighted by Gasteiger charge is -2.23. The van der Waals surface area contributed by atoms with Crippen LogP contribution < -0.4 is 16.0 Å². The van der Waals surface area contributed by atoms with Crippen LogP contribution >= 0.6 is 23.4 Å². The molecule has 1 aliphatic rings. The van der Waals surface area contributed by atoms with Crippen LogP contribution in [-0.2, 0) is 14.4 Å². The Labute approximate surface area is 166 Å². The van der Waals surface area contributed by atoms with E-state index in [1.54, 1.807) is 25.1 Å². The number of nitrogens with one attached hydrogen (secondary N) is 3. The van der Waals surface area contributed by atoms with Crippen molar-refractivity contribution in [2.45, 2.75) is 23.5 Å². The molecular weight excluding hydrogens is 386 g/mol. The molecule has 0 spiro atoms. The highest BCUT2D eigenvalue weighted by atomic mass is 35.5. The Morgan fingerprint density at radius 3 is 2.74 bits per heavy atom. The molecule has 3 rings (SSSR count). The highest BCUT2D eigenvalue weighted by Crippen LogP contribution is 2.36. The molecule has 3 amide bonds. The lowest BCUT2D eigenvalue weighted by atomic mass is 10.2. The lowest BCUT2D eigenvalue weighted by molar-refractivity contribution is -0.125. The molecule has 1 atom stereocenters. The maximum Gasteiger partial charge on any atom is 0.243 e. The van der Waals surface area contributed by atoms with Crippen LogP contribution in [0, 0.1) is 6.92 Å². The molecule has 140 valence electrons. The summed E-state index contributed by atoms with van der Waals surface area (Å²) >= 11 is 7.37. The van der Waals surface area contributed by atoms with E-state index in [2.05, 4.69) is 16.0 Å². The smallest absolute Gasteiger partial charge is 0.243 e. The van der Waals surface area contributed by atoms with E-state index in [-0.39, 0.29) is 30.7 Å². The molecule has 0 aromatic heterocycles. The molecule has 1 aliphatic heterocycles. The average molecular weight is 404 g/mol. The molecule has 1 heterocycles. The van der Waals surface area contributed by atoms with Crippen molar-refractivity contribution in [3.8, 4) is 0 Å². The number of carbonyl (C=O) groups excluding carboxylic acids is 3. The maximum absolute atomic E-state index is 12.1. The number of thioether (sulfide) groups is 1. The first-order valence-electron chi connectivity index (χ1n) is 8.32. The third-order valence-electron chi connectivity index (χ3n) is 4.07. The Morgan fingerprint density at radius 1 is 1.15 bits per heavy atom. The Hall–Kier alpha value is -2.51. The summed E-state index contributed by atoms with van der Waals surface area (Å²) in [6, 6.07) is 12.6. The minimum Gasteiger partial charge on any atom is -0.347 e. The molecule has 0 saturated heterocycles.